The minimum absolute atomic E-state index is 0.00298. The Morgan fingerprint density at radius 3 is 1.63 bits per heavy atom. The van der Waals surface area contributed by atoms with Gasteiger partial charge in [-0.2, -0.15) is 0 Å². The number of esters is 1. The van der Waals surface area contributed by atoms with Crippen molar-refractivity contribution in [2.75, 3.05) is 84.6 Å². The number of benzene rings is 1. The third-order valence-corrected chi connectivity index (χ3v) is 5.36. The van der Waals surface area contributed by atoms with Crippen molar-refractivity contribution in [2.24, 2.45) is 5.92 Å². The van der Waals surface area contributed by atoms with Crippen LogP contribution in [0.5, 0.6) is 5.75 Å². The van der Waals surface area contributed by atoms with Gasteiger partial charge in [0.25, 0.3) is 0 Å². The second kappa shape index (κ2) is 23.8. The Balaban J connectivity index is 1.79. The zero-order chi connectivity index (χ0) is 27.7. The molecule has 1 aromatic carbocycles. The number of carbonyl (C=O) groups is 2. The molecule has 1 N–H and O–H groups in total. The number of hydrogen-bond donors (Lipinski definition) is 1. The van der Waals surface area contributed by atoms with Gasteiger partial charge in [-0.1, -0.05) is 26.7 Å². The minimum atomic E-state index is -0.122. The molecule has 38 heavy (non-hydrogen) atoms. The molecule has 0 spiro atoms. The molecule has 10 nitrogen and oxygen atoms in total. The molecule has 0 saturated heterocycles. The molecule has 10 heteroatoms. The fraction of sp³-hybridized carbons (Fsp3) is 0.714. The summed E-state index contributed by atoms with van der Waals surface area (Å²) in [6.45, 7) is 10.9. The summed E-state index contributed by atoms with van der Waals surface area (Å²) < 4.78 is 38.1. The van der Waals surface area contributed by atoms with Gasteiger partial charge in [-0.3, -0.25) is 9.59 Å². The van der Waals surface area contributed by atoms with Crippen LogP contribution in [0.15, 0.2) is 24.3 Å². The van der Waals surface area contributed by atoms with Gasteiger partial charge in [-0.25, -0.2) is 0 Å². The Kier molecular flexibility index (Phi) is 21.2. The maximum Gasteiger partial charge on any atom is 0.308 e. The van der Waals surface area contributed by atoms with Gasteiger partial charge in [0.05, 0.1) is 72.0 Å². The molecule has 0 saturated carbocycles. The summed E-state index contributed by atoms with van der Waals surface area (Å²) in [6, 6.07) is 7.17. The van der Waals surface area contributed by atoms with Crippen molar-refractivity contribution in [3.05, 3.63) is 24.3 Å². The predicted octanol–water partition coefficient (Wildman–Crippen LogP) is 3.87. The molecule has 0 aliphatic heterocycles. The molecule has 0 aliphatic rings. The number of hydrogen-bond acceptors (Lipinski definition) is 9. The van der Waals surface area contributed by atoms with Gasteiger partial charge in [-0.15, -0.1) is 0 Å². The molecule has 0 bridgehead atoms. The molecule has 218 valence electrons. The first-order valence-corrected chi connectivity index (χ1v) is 13.6. The molecular formula is C28H47NO9. The number of unbranched alkanes of at least 4 members (excludes halogenated alkanes) is 1. The summed E-state index contributed by atoms with van der Waals surface area (Å²) in [5.74, 6) is 0.484. The topological polar surface area (TPSA) is 111 Å². The van der Waals surface area contributed by atoms with E-state index in [1.807, 2.05) is 6.92 Å². The molecule has 0 aromatic heterocycles. The standard InChI is InChI=1S/C28H47NO9/c1-4-6-7-25(5-2)28(31)38-23-21-36-19-17-34-15-13-32-12-14-33-16-18-35-20-22-37-27-10-8-26(9-11-27)29-24(3)30/h8-11,25H,4-7,12-23H2,1-3H3,(H,29,30). The number of amides is 1. The average molecular weight is 542 g/mol. The Morgan fingerprint density at radius 2 is 1.18 bits per heavy atom. The highest BCUT2D eigenvalue weighted by atomic mass is 16.6. The molecule has 0 heterocycles. The lowest BCUT2D eigenvalue weighted by Gasteiger charge is -2.13. The molecule has 0 fully saturated rings. The lowest BCUT2D eigenvalue weighted by Crippen LogP contribution is -2.20. The predicted molar refractivity (Wildman–Crippen MR) is 145 cm³/mol. The molecule has 1 aromatic rings. The van der Waals surface area contributed by atoms with Crippen LogP contribution in [0.4, 0.5) is 5.69 Å². The summed E-state index contributed by atoms with van der Waals surface area (Å²) >= 11 is 0. The molecule has 1 atom stereocenters. The second-order valence-corrected chi connectivity index (χ2v) is 8.53. The first-order chi connectivity index (χ1) is 18.6. The number of carbonyl (C=O) groups excluding carboxylic acids is 2. The fourth-order valence-corrected chi connectivity index (χ4v) is 3.30. The van der Waals surface area contributed by atoms with Crippen LogP contribution in [0.3, 0.4) is 0 Å². The maximum absolute atomic E-state index is 12.0. The zero-order valence-electron chi connectivity index (χ0n) is 23.4. The quantitative estimate of drug-likeness (QED) is 0.146. The molecule has 1 amide bonds. The first-order valence-electron chi connectivity index (χ1n) is 13.6. The summed E-state index contributed by atoms with van der Waals surface area (Å²) in [7, 11) is 0. The largest absolute Gasteiger partial charge is 0.491 e. The van der Waals surface area contributed by atoms with Crippen molar-refractivity contribution in [1.82, 2.24) is 0 Å². The first kappa shape index (κ1) is 33.8. The van der Waals surface area contributed by atoms with Gasteiger partial charge in [0.1, 0.15) is 19.0 Å². The van der Waals surface area contributed by atoms with Crippen molar-refractivity contribution in [1.29, 1.82) is 0 Å². The Bertz CT molecular complexity index is 715. The van der Waals surface area contributed by atoms with Gasteiger partial charge in [-0.05, 0) is 37.1 Å². The van der Waals surface area contributed by atoms with E-state index in [1.165, 1.54) is 6.92 Å². The monoisotopic (exact) mass is 541 g/mol. The lowest BCUT2D eigenvalue weighted by atomic mass is 10.00. The second-order valence-electron chi connectivity index (χ2n) is 8.53. The molecule has 1 unspecified atom stereocenters. The molecule has 0 aliphatic carbocycles. The van der Waals surface area contributed by atoms with E-state index in [4.69, 9.17) is 33.2 Å². The highest BCUT2D eigenvalue weighted by Gasteiger charge is 2.16. The fourth-order valence-electron chi connectivity index (χ4n) is 3.30. The third kappa shape index (κ3) is 18.9. The third-order valence-electron chi connectivity index (χ3n) is 5.36. The van der Waals surface area contributed by atoms with E-state index in [0.717, 1.165) is 31.4 Å². The van der Waals surface area contributed by atoms with Crippen LogP contribution >= 0.6 is 0 Å². The van der Waals surface area contributed by atoms with Crippen LogP contribution in [0, 0.1) is 5.92 Å². The SMILES string of the molecule is CCCCC(CC)C(=O)OCCOCCOCCOCCOCCOCCOc1ccc(NC(C)=O)cc1. The van der Waals surface area contributed by atoms with Crippen molar-refractivity contribution in [3.8, 4) is 5.75 Å². The molecular weight excluding hydrogens is 494 g/mol. The summed E-state index contributed by atoms with van der Waals surface area (Å²) in [5, 5.41) is 2.71. The summed E-state index contributed by atoms with van der Waals surface area (Å²) in [4.78, 5) is 23.0. The molecule has 0 radical (unpaired) electrons. The Morgan fingerprint density at radius 1 is 0.711 bits per heavy atom. The van der Waals surface area contributed by atoms with Crippen LogP contribution < -0.4 is 10.1 Å². The van der Waals surface area contributed by atoms with Crippen LogP contribution in [0.25, 0.3) is 0 Å². The van der Waals surface area contributed by atoms with Crippen molar-refractivity contribution >= 4 is 17.6 Å². The van der Waals surface area contributed by atoms with Gasteiger partial charge in [0, 0.05) is 12.6 Å². The van der Waals surface area contributed by atoms with Crippen LogP contribution in [-0.4, -0.2) is 91.2 Å². The van der Waals surface area contributed by atoms with Crippen LogP contribution in [0.2, 0.25) is 0 Å². The summed E-state index contributed by atoms with van der Waals surface area (Å²) in [5.41, 5.74) is 0.732. The van der Waals surface area contributed by atoms with E-state index in [2.05, 4.69) is 12.2 Å². The van der Waals surface area contributed by atoms with Crippen molar-refractivity contribution in [2.45, 2.75) is 46.5 Å². The smallest absolute Gasteiger partial charge is 0.308 e. The van der Waals surface area contributed by atoms with Crippen LogP contribution in [-0.2, 0) is 38.0 Å². The Hall–Kier alpha value is -2.24. The van der Waals surface area contributed by atoms with Gasteiger partial charge in [0.2, 0.25) is 5.91 Å². The van der Waals surface area contributed by atoms with E-state index in [1.54, 1.807) is 24.3 Å². The normalized spacial score (nSPS) is 11.8. The van der Waals surface area contributed by atoms with Crippen LogP contribution in [0.1, 0.15) is 46.5 Å². The van der Waals surface area contributed by atoms with Crippen molar-refractivity contribution < 1.29 is 42.7 Å². The number of ether oxygens (including phenoxy) is 7. The van der Waals surface area contributed by atoms with Gasteiger partial charge in [0.15, 0.2) is 0 Å². The highest BCUT2D eigenvalue weighted by Crippen LogP contribution is 2.15. The van der Waals surface area contributed by atoms with Gasteiger partial charge >= 0.3 is 5.97 Å². The minimum Gasteiger partial charge on any atom is -0.491 e. The number of nitrogens with one attached hydrogen (secondary N) is 1. The molecule has 1 rings (SSSR count). The van der Waals surface area contributed by atoms with E-state index in [9.17, 15) is 9.59 Å². The van der Waals surface area contributed by atoms with Gasteiger partial charge < -0.3 is 38.5 Å². The number of anilines is 1. The van der Waals surface area contributed by atoms with Crippen molar-refractivity contribution in [3.63, 3.8) is 0 Å². The zero-order valence-corrected chi connectivity index (χ0v) is 23.4. The lowest BCUT2D eigenvalue weighted by molar-refractivity contribution is -0.150. The highest BCUT2D eigenvalue weighted by molar-refractivity contribution is 5.88. The summed E-state index contributed by atoms with van der Waals surface area (Å²) in [6.07, 6.45) is 3.83. The maximum atomic E-state index is 12.0. The average Bonchev–Trinajstić information content (AvgIpc) is 2.91. The van der Waals surface area contributed by atoms with E-state index in [-0.39, 0.29) is 24.4 Å². The number of rotatable bonds is 25. The van der Waals surface area contributed by atoms with E-state index >= 15 is 0 Å². The van der Waals surface area contributed by atoms with E-state index in [0.29, 0.717) is 78.4 Å². The van der Waals surface area contributed by atoms with E-state index < -0.39 is 0 Å². The Labute approximate surface area is 227 Å².